The number of nitrogens with one attached hydrogen (secondary N) is 1. The second-order valence-electron chi connectivity index (χ2n) is 13.0. The number of aromatic nitrogens is 3. The Hall–Kier alpha value is -4.42. The van der Waals surface area contributed by atoms with Gasteiger partial charge in [-0.15, -0.1) is 5.10 Å². The second kappa shape index (κ2) is 16.8. The zero-order valence-electron chi connectivity index (χ0n) is 27.9. The van der Waals surface area contributed by atoms with Crippen molar-refractivity contribution in [2.45, 2.75) is 96.2 Å². The summed E-state index contributed by atoms with van der Waals surface area (Å²) in [5.41, 5.74) is 3.43. The first-order valence-corrected chi connectivity index (χ1v) is 16.9. The molecule has 0 saturated carbocycles. The van der Waals surface area contributed by atoms with E-state index in [2.05, 4.69) is 15.6 Å². The summed E-state index contributed by atoms with van der Waals surface area (Å²) >= 11 is 0. The predicted octanol–water partition coefficient (Wildman–Crippen LogP) is 4.78. The average molecular weight is 669 g/mol. The standard InChI is InChI=1S/C38H44N4O7/c1-26(2)18-31-38(44)48-25-30-20-42(41-40-30)21-33-36(46-23-28-14-8-4-9-15-28)37(47-24-29-16-10-5-11-17-29)35(32(49-33)19-34(43)39-31)45-22-27-12-6-3-7-13-27/h3-17,20,26,31-33,35-37H,18-19,21-25H2,1-2H3,(H,39,43)/t31-,32-,33+,35-,36+,37+/m0/s1. The van der Waals surface area contributed by atoms with Gasteiger partial charge in [-0.2, -0.15) is 0 Å². The summed E-state index contributed by atoms with van der Waals surface area (Å²) in [6.45, 7) is 5.04. The van der Waals surface area contributed by atoms with Crippen molar-refractivity contribution in [3.8, 4) is 0 Å². The molecule has 0 unspecified atom stereocenters. The molecule has 6 atom stereocenters. The van der Waals surface area contributed by atoms with Crippen LogP contribution in [-0.4, -0.2) is 63.4 Å². The Balaban J connectivity index is 1.37. The molecule has 3 heterocycles. The Morgan fingerprint density at radius 1 is 0.776 bits per heavy atom. The number of hydrogen-bond acceptors (Lipinski definition) is 9. The van der Waals surface area contributed by atoms with E-state index in [1.54, 1.807) is 10.9 Å². The number of esters is 1. The van der Waals surface area contributed by atoms with Crippen LogP contribution in [0.25, 0.3) is 0 Å². The van der Waals surface area contributed by atoms with E-state index in [-0.39, 0.29) is 38.0 Å². The van der Waals surface area contributed by atoms with Gasteiger partial charge < -0.3 is 29.0 Å². The number of ether oxygens (including phenoxy) is 5. The number of rotatable bonds is 11. The first kappa shape index (κ1) is 34.4. The molecule has 11 heteroatoms. The van der Waals surface area contributed by atoms with E-state index < -0.39 is 42.5 Å². The quantitative estimate of drug-likeness (QED) is 0.225. The highest BCUT2D eigenvalue weighted by atomic mass is 16.6. The molecule has 0 aliphatic carbocycles. The van der Waals surface area contributed by atoms with Crippen molar-refractivity contribution in [3.63, 3.8) is 0 Å². The Morgan fingerprint density at radius 2 is 1.31 bits per heavy atom. The molecule has 4 aromatic rings. The van der Waals surface area contributed by atoms with E-state index in [4.69, 9.17) is 23.7 Å². The third kappa shape index (κ3) is 9.60. The Kier molecular flexibility index (Phi) is 11.8. The molecule has 1 aromatic heterocycles. The van der Waals surface area contributed by atoms with E-state index in [1.165, 1.54) is 0 Å². The fraction of sp³-hybridized carbons (Fsp3) is 0.421. The van der Waals surface area contributed by atoms with Crippen LogP contribution in [-0.2, 0) is 66.2 Å². The van der Waals surface area contributed by atoms with Gasteiger partial charge in [0.05, 0.1) is 45.1 Å². The van der Waals surface area contributed by atoms with Crippen molar-refractivity contribution < 1.29 is 33.3 Å². The molecule has 1 N–H and O–H groups in total. The molecule has 4 bridgehead atoms. The maximum Gasteiger partial charge on any atom is 0.329 e. The molecule has 2 aliphatic rings. The Bertz CT molecular complexity index is 1620. The number of fused-ring (bicyclic) bond motifs is 4. The lowest BCUT2D eigenvalue weighted by atomic mass is 9.91. The van der Waals surface area contributed by atoms with E-state index in [0.717, 1.165) is 16.7 Å². The van der Waals surface area contributed by atoms with Crippen LogP contribution in [0.15, 0.2) is 97.2 Å². The van der Waals surface area contributed by atoms with Gasteiger partial charge in [-0.3, -0.25) is 4.79 Å². The summed E-state index contributed by atoms with van der Waals surface area (Å²) in [6, 6.07) is 28.8. The van der Waals surface area contributed by atoms with Crippen LogP contribution in [0.1, 0.15) is 49.1 Å². The molecule has 1 amide bonds. The van der Waals surface area contributed by atoms with Gasteiger partial charge in [0.15, 0.2) is 0 Å². The van der Waals surface area contributed by atoms with Crippen LogP contribution in [0.3, 0.4) is 0 Å². The lowest BCUT2D eigenvalue weighted by Crippen LogP contribution is -2.61. The molecule has 3 aromatic carbocycles. The molecule has 1 saturated heterocycles. The fourth-order valence-electron chi connectivity index (χ4n) is 6.24. The van der Waals surface area contributed by atoms with Gasteiger partial charge in [-0.25, -0.2) is 9.48 Å². The smallest absolute Gasteiger partial charge is 0.329 e. The zero-order valence-corrected chi connectivity index (χ0v) is 27.9. The zero-order chi connectivity index (χ0) is 34.0. The molecule has 258 valence electrons. The third-order valence-electron chi connectivity index (χ3n) is 8.61. The van der Waals surface area contributed by atoms with Crippen LogP contribution in [0.5, 0.6) is 0 Å². The summed E-state index contributed by atoms with van der Waals surface area (Å²) in [7, 11) is 0. The highest BCUT2D eigenvalue weighted by molar-refractivity contribution is 5.84. The van der Waals surface area contributed by atoms with Crippen LogP contribution in [0.2, 0.25) is 0 Å². The molecule has 1 fully saturated rings. The molecule has 49 heavy (non-hydrogen) atoms. The van der Waals surface area contributed by atoms with Gasteiger partial charge in [0, 0.05) is 0 Å². The SMILES string of the molecule is CC(C)C[C@@H]1NC(=O)C[C@@H]2O[C@H](Cn3cc(nn3)COC1=O)[C@@H](OCc1ccccc1)[C@H](OCc1ccccc1)[C@H]2OCc1ccccc1. The monoisotopic (exact) mass is 668 g/mol. The number of cyclic esters (lactones) is 1. The van der Waals surface area contributed by atoms with Gasteiger partial charge in [0.1, 0.15) is 42.8 Å². The van der Waals surface area contributed by atoms with Crippen LogP contribution >= 0.6 is 0 Å². The summed E-state index contributed by atoms with van der Waals surface area (Å²) in [4.78, 5) is 26.9. The molecule has 0 spiro atoms. The van der Waals surface area contributed by atoms with Gasteiger partial charge >= 0.3 is 5.97 Å². The van der Waals surface area contributed by atoms with E-state index in [1.807, 2.05) is 105 Å². The Morgan fingerprint density at radius 3 is 1.86 bits per heavy atom. The first-order valence-electron chi connectivity index (χ1n) is 16.9. The summed E-state index contributed by atoms with van der Waals surface area (Å²) in [5, 5.41) is 11.5. The molecule has 6 rings (SSSR count). The van der Waals surface area contributed by atoms with Gasteiger partial charge in [-0.1, -0.05) is 110 Å². The number of carbonyl (C=O) groups is 2. The lowest BCUT2D eigenvalue weighted by molar-refractivity contribution is -0.267. The maximum absolute atomic E-state index is 13.7. The summed E-state index contributed by atoms with van der Waals surface area (Å²) in [5.74, 6) is -0.737. The minimum absolute atomic E-state index is 0.0659. The van der Waals surface area contributed by atoms with Crippen molar-refractivity contribution in [2.24, 2.45) is 5.92 Å². The number of nitrogens with zero attached hydrogens (tertiary/aromatic N) is 3. The average Bonchev–Trinajstić information content (AvgIpc) is 3.56. The molecular weight excluding hydrogens is 624 g/mol. The number of amides is 1. The highest BCUT2D eigenvalue weighted by Gasteiger charge is 2.49. The highest BCUT2D eigenvalue weighted by Crippen LogP contribution is 2.33. The number of hydrogen-bond donors (Lipinski definition) is 1. The van der Waals surface area contributed by atoms with Crippen molar-refractivity contribution >= 4 is 11.9 Å². The first-order chi connectivity index (χ1) is 23.9. The van der Waals surface area contributed by atoms with E-state index in [9.17, 15) is 9.59 Å². The summed E-state index contributed by atoms with van der Waals surface area (Å²) < 4.78 is 34.1. The van der Waals surface area contributed by atoms with Crippen molar-refractivity contribution in [1.82, 2.24) is 20.3 Å². The maximum atomic E-state index is 13.7. The van der Waals surface area contributed by atoms with Crippen molar-refractivity contribution in [2.75, 3.05) is 0 Å². The van der Waals surface area contributed by atoms with Gasteiger partial charge in [0.2, 0.25) is 5.91 Å². The molecule has 11 nitrogen and oxygen atoms in total. The van der Waals surface area contributed by atoms with E-state index in [0.29, 0.717) is 25.3 Å². The van der Waals surface area contributed by atoms with Crippen LogP contribution in [0, 0.1) is 5.92 Å². The van der Waals surface area contributed by atoms with Gasteiger partial charge in [0.25, 0.3) is 0 Å². The Labute approximate surface area is 286 Å². The molecule has 2 aliphatic heterocycles. The van der Waals surface area contributed by atoms with Crippen molar-refractivity contribution in [1.29, 1.82) is 0 Å². The van der Waals surface area contributed by atoms with Crippen LogP contribution < -0.4 is 5.32 Å². The summed E-state index contributed by atoms with van der Waals surface area (Å²) in [6.07, 6.45) is -1.22. The fourth-order valence-corrected chi connectivity index (χ4v) is 6.24. The largest absolute Gasteiger partial charge is 0.458 e. The number of benzene rings is 3. The van der Waals surface area contributed by atoms with Gasteiger partial charge in [-0.05, 0) is 29.0 Å². The minimum atomic E-state index is -0.833. The normalized spacial score (nSPS) is 24.6. The molecule has 0 radical (unpaired) electrons. The van der Waals surface area contributed by atoms with Crippen molar-refractivity contribution in [3.05, 3.63) is 120 Å². The lowest BCUT2D eigenvalue weighted by Gasteiger charge is -2.46. The van der Waals surface area contributed by atoms with Crippen LogP contribution in [0.4, 0.5) is 0 Å². The minimum Gasteiger partial charge on any atom is -0.458 e. The number of carbonyl (C=O) groups excluding carboxylic acids is 2. The predicted molar refractivity (Wildman–Crippen MR) is 180 cm³/mol. The second-order valence-corrected chi connectivity index (χ2v) is 13.0. The topological polar surface area (TPSA) is 123 Å². The third-order valence-corrected chi connectivity index (χ3v) is 8.61. The molecular formula is C38H44N4O7. The van der Waals surface area contributed by atoms with E-state index >= 15 is 0 Å².